The van der Waals surface area contributed by atoms with E-state index in [1.807, 2.05) is 13.8 Å². The number of carbonyl (C=O) groups excluding carboxylic acids is 2. The van der Waals surface area contributed by atoms with Crippen molar-refractivity contribution < 1.29 is 27.5 Å². The van der Waals surface area contributed by atoms with Crippen LogP contribution in [0, 0.1) is 11.8 Å². The van der Waals surface area contributed by atoms with Gasteiger partial charge in [0.1, 0.15) is 10.6 Å². The summed E-state index contributed by atoms with van der Waals surface area (Å²) in [7, 11) is -2.55. The molecule has 1 amide bonds. The second-order valence-electron chi connectivity index (χ2n) is 8.23. The fourth-order valence-corrected chi connectivity index (χ4v) is 5.90. The molecule has 0 spiro atoms. The van der Waals surface area contributed by atoms with Crippen molar-refractivity contribution in [3.05, 3.63) is 59.7 Å². The van der Waals surface area contributed by atoms with Gasteiger partial charge in [-0.05, 0) is 36.5 Å². The highest BCUT2D eigenvalue weighted by atomic mass is 32.2. The lowest BCUT2D eigenvalue weighted by molar-refractivity contribution is -0.127. The number of hydrogen-bond acceptors (Lipinski definition) is 6. The van der Waals surface area contributed by atoms with Crippen LogP contribution >= 0.6 is 0 Å². The zero-order valence-electron chi connectivity index (χ0n) is 18.4. The average Bonchev–Trinajstić information content (AvgIpc) is 2.76. The van der Waals surface area contributed by atoms with Crippen LogP contribution in [0.25, 0.3) is 0 Å². The van der Waals surface area contributed by atoms with Crippen molar-refractivity contribution in [3.8, 4) is 5.75 Å². The van der Waals surface area contributed by atoms with Crippen molar-refractivity contribution in [1.29, 1.82) is 0 Å². The molecular formula is C23H28N2O6S. The van der Waals surface area contributed by atoms with Gasteiger partial charge < -0.3 is 15.2 Å². The van der Waals surface area contributed by atoms with Gasteiger partial charge in [-0.15, -0.1) is 0 Å². The predicted molar refractivity (Wildman–Crippen MR) is 118 cm³/mol. The zero-order valence-corrected chi connectivity index (χ0v) is 19.2. The number of hydrogen-bond donors (Lipinski definition) is 1. The summed E-state index contributed by atoms with van der Waals surface area (Å²) < 4.78 is 38.8. The van der Waals surface area contributed by atoms with E-state index in [0.29, 0.717) is 18.7 Å². The van der Waals surface area contributed by atoms with Gasteiger partial charge >= 0.3 is 5.97 Å². The van der Waals surface area contributed by atoms with E-state index < -0.39 is 28.0 Å². The Morgan fingerprint density at radius 1 is 1.06 bits per heavy atom. The zero-order chi connectivity index (χ0) is 23.5. The van der Waals surface area contributed by atoms with Gasteiger partial charge in [-0.1, -0.05) is 44.2 Å². The van der Waals surface area contributed by atoms with Gasteiger partial charge in [0.2, 0.25) is 16.1 Å². The first-order chi connectivity index (χ1) is 15.1. The highest BCUT2D eigenvalue weighted by molar-refractivity contribution is 7.89. The number of benzene rings is 2. The van der Waals surface area contributed by atoms with Crippen LogP contribution in [-0.2, 0) is 19.6 Å². The normalized spacial score (nSPS) is 20.3. The van der Waals surface area contributed by atoms with Crippen LogP contribution in [0.15, 0.2) is 53.4 Å². The standard InChI is InChI=1S/C23H28N2O6S/c1-15-11-16(2)14-25(13-15)32(28,29)20-12-18(9-10-19(20)30-3)23(27)31-21(22(24)26)17-7-5-4-6-8-17/h4-10,12,15-16,21H,11,13-14H2,1-3H3,(H2,24,26). The predicted octanol–water partition coefficient (Wildman–Crippen LogP) is 2.75. The van der Waals surface area contributed by atoms with Crippen molar-refractivity contribution in [2.75, 3.05) is 20.2 Å². The van der Waals surface area contributed by atoms with Gasteiger partial charge in [-0.25, -0.2) is 13.2 Å². The van der Waals surface area contributed by atoms with Crippen LogP contribution in [0.5, 0.6) is 5.75 Å². The average molecular weight is 461 g/mol. The summed E-state index contributed by atoms with van der Waals surface area (Å²) in [5, 5.41) is 0. The second kappa shape index (κ2) is 9.70. The number of methoxy groups -OCH3 is 1. The smallest absolute Gasteiger partial charge is 0.339 e. The summed E-state index contributed by atoms with van der Waals surface area (Å²) in [5.41, 5.74) is 5.82. The summed E-state index contributed by atoms with van der Waals surface area (Å²) >= 11 is 0. The number of primary amides is 1. The molecular weight excluding hydrogens is 432 g/mol. The Morgan fingerprint density at radius 2 is 1.69 bits per heavy atom. The first-order valence-corrected chi connectivity index (χ1v) is 11.8. The maximum Gasteiger partial charge on any atom is 0.339 e. The number of nitrogens with zero attached hydrogens (tertiary/aromatic N) is 1. The lowest BCUT2D eigenvalue weighted by atomic mass is 9.94. The summed E-state index contributed by atoms with van der Waals surface area (Å²) in [6.45, 7) is 4.80. The number of sulfonamides is 1. The molecule has 2 aromatic rings. The monoisotopic (exact) mass is 460 g/mol. The molecule has 1 aliphatic rings. The molecule has 32 heavy (non-hydrogen) atoms. The molecule has 3 atom stereocenters. The minimum atomic E-state index is -3.91. The fourth-order valence-electron chi connectivity index (χ4n) is 4.04. The maximum atomic E-state index is 13.4. The molecule has 1 fully saturated rings. The number of rotatable bonds is 7. The Kier molecular flexibility index (Phi) is 7.20. The lowest BCUT2D eigenvalue weighted by Crippen LogP contribution is -2.42. The molecule has 1 saturated heterocycles. The van der Waals surface area contributed by atoms with E-state index in [9.17, 15) is 18.0 Å². The Labute approximate surface area is 188 Å². The number of amides is 1. The van der Waals surface area contributed by atoms with Crippen molar-refractivity contribution in [1.82, 2.24) is 4.31 Å². The number of esters is 1. The highest BCUT2D eigenvalue weighted by Gasteiger charge is 2.34. The minimum Gasteiger partial charge on any atom is -0.495 e. The molecule has 3 rings (SSSR count). The molecule has 0 aromatic heterocycles. The number of ether oxygens (including phenoxy) is 2. The Morgan fingerprint density at radius 3 is 2.25 bits per heavy atom. The molecule has 172 valence electrons. The van der Waals surface area contributed by atoms with Gasteiger partial charge in [-0.2, -0.15) is 4.31 Å². The van der Waals surface area contributed by atoms with Crippen molar-refractivity contribution in [2.24, 2.45) is 17.6 Å². The Hall–Kier alpha value is -2.91. The van der Waals surface area contributed by atoms with Gasteiger partial charge in [0.25, 0.3) is 5.91 Å². The highest BCUT2D eigenvalue weighted by Crippen LogP contribution is 2.32. The van der Waals surface area contributed by atoms with Crippen molar-refractivity contribution in [3.63, 3.8) is 0 Å². The third-order valence-electron chi connectivity index (χ3n) is 5.44. The third kappa shape index (κ3) is 5.11. The summed E-state index contributed by atoms with van der Waals surface area (Å²) in [6.07, 6.45) is -0.349. The minimum absolute atomic E-state index is 0.0235. The molecule has 1 aliphatic heterocycles. The molecule has 2 aromatic carbocycles. The first-order valence-electron chi connectivity index (χ1n) is 10.4. The topological polar surface area (TPSA) is 116 Å². The van der Waals surface area contributed by atoms with E-state index in [0.717, 1.165) is 6.42 Å². The van der Waals surface area contributed by atoms with Crippen LogP contribution < -0.4 is 10.5 Å². The number of nitrogens with two attached hydrogens (primary N) is 1. The van der Waals surface area contributed by atoms with E-state index >= 15 is 0 Å². The van der Waals surface area contributed by atoms with Gasteiger partial charge in [0.15, 0.2) is 0 Å². The fraction of sp³-hybridized carbons (Fsp3) is 0.391. The summed E-state index contributed by atoms with van der Waals surface area (Å²) in [6, 6.07) is 12.4. The molecule has 0 saturated carbocycles. The van der Waals surface area contributed by atoms with E-state index in [1.54, 1.807) is 30.3 Å². The van der Waals surface area contributed by atoms with Crippen molar-refractivity contribution in [2.45, 2.75) is 31.3 Å². The van der Waals surface area contributed by atoms with E-state index in [-0.39, 0.29) is 28.0 Å². The van der Waals surface area contributed by atoms with Gasteiger partial charge in [0, 0.05) is 18.7 Å². The van der Waals surface area contributed by atoms with Crippen molar-refractivity contribution >= 4 is 21.9 Å². The second-order valence-corrected chi connectivity index (χ2v) is 10.1. The number of carbonyl (C=O) groups is 2. The van der Waals surface area contributed by atoms with Crippen LogP contribution in [0.3, 0.4) is 0 Å². The van der Waals surface area contributed by atoms with Gasteiger partial charge in [-0.3, -0.25) is 4.79 Å². The van der Waals surface area contributed by atoms with Gasteiger partial charge in [0.05, 0.1) is 12.7 Å². The molecule has 1 heterocycles. The third-order valence-corrected chi connectivity index (χ3v) is 7.29. The van der Waals surface area contributed by atoms with Crippen LogP contribution in [0.4, 0.5) is 0 Å². The molecule has 2 N–H and O–H groups in total. The molecule has 0 bridgehead atoms. The summed E-state index contributed by atoms with van der Waals surface area (Å²) in [4.78, 5) is 24.6. The Balaban J connectivity index is 1.93. The van der Waals surface area contributed by atoms with Crippen LogP contribution in [0.1, 0.15) is 42.3 Å². The van der Waals surface area contributed by atoms with Crippen LogP contribution in [-0.4, -0.2) is 44.8 Å². The van der Waals surface area contributed by atoms with E-state index in [2.05, 4.69) is 0 Å². The first kappa shape index (κ1) is 23.7. The largest absolute Gasteiger partial charge is 0.495 e. The van der Waals surface area contributed by atoms with Crippen LogP contribution in [0.2, 0.25) is 0 Å². The maximum absolute atomic E-state index is 13.4. The molecule has 0 aliphatic carbocycles. The molecule has 8 nitrogen and oxygen atoms in total. The SMILES string of the molecule is COc1ccc(C(=O)OC(C(N)=O)c2ccccc2)cc1S(=O)(=O)N1CC(C)CC(C)C1. The summed E-state index contributed by atoms with van der Waals surface area (Å²) in [5.74, 6) is -1.13. The molecule has 0 radical (unpaired) electrons. The quantitative estimate of drug-likeness (QED) is 0.635. The van der Waals surface area contributed by atoms with E-state index in [4.69, 9.17) is 15.2 Å². The number of piperidine rings is 1. The molecule has 9 heteroatoms. The Bertz CT molecular complexity index is 1080. The van der Waals surface area contributed by atoms with E-state index in [1.165, 1.54) is 29.6 Å². The lowest BCUT2D eigenvalue weighted by Gasteiger charge is -2.34. The molecule has 3 unspecified atom stereocenters.